The van der Waals surface area contributed by atoms with Crippen LogP contribution in [-0.4, -0.2) is 20.9 Å². The van der Waals surface area contributed by atoms with Crippen LogP contribution in [0.15, 0.2) is 79.3 Å². The third kappa shape index (κ3) is 4.07. The summed E-state index contributed by atoms with van der Waals surface area (Å²) in [5.41, 5.74) is 3.10. The molecule has 0 aliphatic rings. The van der Waals surface area contributed by atoms with Crippen molar-refractivity contribution < 1.29 is 4.79 Å². The molecule has 1 aromatic carbocycles. The predicted octanol–water partition coefficient (Wildman–Crippen LogP) is 3.70. The maximum absolute atomic E-state index is 12.4. The van der Waals surface area contributed by atoms with E-state index in [1.54, 1.807) is 30.7 Å². The Kier molecular flexibility index (Phi) is 4.70. The number of aromatic nitrogens is 3. The van der Waals surface area contributed by atoms with E-state index in [1.165, 1.54) is 0 Å². The molecule has 132 valence electrons. The number of nitrogens with one attached hydrogen (secondary N) is 2. The van der Waals surface area contributed by atoms with Crippen molar-refractivity contribution >= 4 is 28.3 Å². The Bertz CT molecular complexity index is 1080. The molecule has 0 atom stereocenters. The third-order valence-corrected chi connectivity index (χ3v) is 4.03. The summed E-state index contributed by atoms with van der Waals surface area (Å²) in [6.45, 7) is 0.406. The normalized spacial score (nSPS) is 10.5. The van der Waals surface area contributed by atoms with Gasteiger partial charge in [-0.3, -0.25) is 14.8 Å². The Morgan fingerprint density at radius 1 is 0.963 bits per heavy atom. The number of amides is 1. The van der Waals surface area contributed by atoms with Gasteiger partial charge < -0.3 is 10.6 Å². The number of carbonyl (C=O) groups excluding carboxylic acids is 1. The molecule has 0 fully saturated rings. The minimum absolute atomic E-state index is 0.231. The van der Waals surface area contributed by atoms with E-state index in [1.807, 2.05) is 48.5 Å². The molecule has 6 nitrogen and oxygen atoms in total. The van der Waals surface area contributed by atoms with Gasteiger partial charge in [-0.2, -0.15) is 0 Å². The summed E-state index contributed by atoms with van der Waals surface area (Å²) in [5, 5.41) is 7.12. The highest BCUT2D eigenvalue weighted by Gasteiger charge is 2.08. The van der Waals surface area contributed by atoms with Gasteiger partial charge in [0.2, 0.25) is 0 Å². The van der Waals surface area contributed by atoms with Gasteiger partial charge in [0.1, 0.15) is 11.5 Å². The minimum Gasteiger partial charge on any atom is -0.347 e. The van der Waals surface area contributed by atoms with Crippen LogP contribution in [0.4, 0.5) is 11.5 Å². The first-order valence-electron chi connectivity index (χ1n) is 8.54. The van der Waals surface area contributed by atoms with Crippen LogP contribution in [0.5, 0.6) is 0 Å². The largest absolute Gasteiger partial charge is 0.347 e. The minimum atomic E-state index is -0.231. The van der Waals surface area contributed by atoms with E-state index in [9.17, 15) is 4.79 Å². The van der Waals surface area contributed by atoms with Gasteiger partial charge in [-0.25, -0.2) is 4.98 Å². The summed E-state index contributed by atoms with van der Waals surface area (Å²) >= 11 is 0. The molecule has 1 amide bonds. The summed E-state index contributed by atoms with van der Waals surface area (Å²) < 4.78 is 0. The number of anilines is 2. The van der Waals surface area contributed by atoms with Crippen molar-refractivity contribution in [3.63, 3.8) is 0 Å². The van der Waals surface area contributed by atoms with Gasteiger partial charge in [0.05, 0.1) is 5.52 Å². The number of benzene rings is 1. The van der Waals surface area contributed by atoms with Crippen LogP contribution < -0.4 is 10.6 Å². The van der Waals surface area contributed by atoms with E-state index in [0.29, 0.717) is 18.1 Å². The molecule has 2 N–H and O–H groups in total. The lowest BCUT2D eigenvalue weighted by Crippen LogP contribution is -2.24. The van der Waals surface area contributed by atoms with E-state index < -0.39 is 0 Å². The molecule has 27 heavy (non-hydrogen) atoms. The maximum Gasteiger partial charge on any atom is 0.270 e. The monoisotopic (exact) mass is 355 g/mol. The molecule has 3 heterocycles. The van der Waals surface area contributed by atoms with Crippen LogP contribution in [0.1, 0.15) is 16.1 Å². The van der Waals surface area contributed by atoms with Gasteiger partial charge in [-0.15, -0.1) is 0 Å². The van der Waals surface area contributed by atoms with Crippen LogP contribution >= 0.6 is 0 Å². The summed E-state index contributed by atoms with van der Waals surface area (Å²) in [5.74, 6) is 0.373. The first-order chi connectivity index (χ1) is 13.3. The molecule has 0 unspecified atom stereocenters. The van der Waals surface area contributed by atoms with Crippen molar-refractivity contribution in [3.05, 3.63) is 90.5 Å². The molecule has 0 saturated carbocycles. The smallest absolute Gasteiger partial charge is 0.270 e. The maximum atomic E-state index is 12.4. The van der Waals surface area contributed by atoms with Crippen LogP contribution in [0.2, 0.25) is 0 Å². The Morgan fingerprint density at radius 2 is 1.89 bits per heavy atom. The Balaban J connectivity index is 1.47. The number of carbonyl (C=O) groups is 1. The van der Waals surface area contributed by atoms with E-state index in [4.69, 9.17) is 0 Å². The average molecular weight is 355 g/mol. The molecule has 3 aromatic heterocycles. The second-order valence-electron chi connectivity index (χ2n) is 5.99. The number of nitrogens with zero attached hydrogens (tertiary/aromatic N) is 3. The van der Waals surface area contributed by atoms with Gasteiger partial charge >= 0.3 is 0 Å². The van der Waals surface area contributed by atoms with Crippen molar-refractivity contribution in [2.75, 3.05) is 5.32 Å². The van der Waals surface area contributed by atoms with Crippen LogP contribution in [0.3, 0.4) is 0 Å². The van der Waals surface area contributed by atoms with Crippen molar-refractivity contribution in [2.24, 2.45) is 0 Å². The first kappa shape index (κ1) is 16.7. The van der Waals surface area contributed by atoms with Gasteiger partial charge in [0, 0.05) is 36.2 Å². The topological polar surface area (TPSA) is 79.8 Å². The van der Waals surface area contributed by atoms with Crippen LogP contribution in [0, 0.1) is 0 Å². The van der Waals surface area contributed by atoms with Gasteiger partial charge in [0.25, 0.3) is 5.91 Å². The zero-order valence-electron chi connectivity index (χ0n) is 14.5. The molecule has 0 spiro atoms. The number of pyridine rings is 3. The van der Waals surface area contributed by atoms with Crippen molar-refractivity contribution in [1.29, 1.82) is 0 Å². The Labute approximate surface area is 156 Å². The molecular weight excluding hydrogens is 338 g/mol. The number of fused-ring (bicyclic) bond motifs is 1. The number of hydrogen-bond donors (Lipinski definition) is 2. The van der Waals surface area contributed by atoms with E-state index >= 15 is 0 Å². The van der Waals surface area contributed by atoms with Gasteiger partial charge in [-0.1, -0.05) is 18.2 Å². The summed E-state index contributed by atoms with van der Waals surface area (Å²) in [6, 6.07) is 18.8. The third-order valence-electron chi connectivity index (χ3n) is 4.03. The lowest BCUT2D eigenvalue weighted by atomic mass is 10.2. The first-order valence-corrected chi connectivity index (χ1v) is 8.54. The zero-order chi connectivity index (χ0) is 18.5. The van der Waals surface area contributed by atoms with Crippen molar-refractivity contribution in [1.82, 2.24) is 20.3 Å². The lowest BCUT2D eigenvalue weighted by Gasteiger charge is -2.09. The molecule has 0 bridgehead atoms. The lowest BCUT2D eigenvalue weighted by molar-refractivity contribution is 0.0946. The predicted molar refractivity (Wildman–Crippen MR) is 105 cm³/mol. The quantitative estimate of drug-likeness (QED) is 0.571. The van der Waals surface area contributed by atoms with E-state index in [0.717, 1.165) is 22.2 Å². The second-order valence-corrected chi connectivity index (χ2v) is 5.99. The van der Waals surface area contributed by atoms with E-state index in [2.05, 4.69) is 25.6 Å². The molecule has 4 aromatic rings. The molecule has 0 saturated heterocycles. The standard InChI is InChI=1S/C21H17N5O/c27-21(24-14-15-4-2-10-22-13-15)19-6-1-7-20(26-19)25-17-8-9-18-16(12-17)5-3-11-23-18/h1-13H,14H2,(H,24,27)(H,25,26). The number of hydrogen-bond acceptors (Lipinski definition) is 5. The summed E-state index contributed by atoms with van der Waals surface area (Å²) in [7, 11) is 0. The molecule has 4 rings (SSSR count). The molecular formula is C21H17N5O. The van der Waals surface area contributed by atoms with Crippen LogP contribution in [0.25, 0.3) is 10.9 Å². The molecule has 6 heteroatoms. The second kappa shape index (κ2) is 7.61. The Hall–Kier alpha value is -3.80. The number of rotatable bonds is 5. The molecule has 0 radical (unpaired) electrons. The summed E-state index contributed by atoms with van der Waals surface area (Å²) in [4.78, 5) is 25.1. The van der Waals surface area contributed by atoms with Crippen LogP contribution in [-0.2, 0) is 6.54 Å². The molecule has 0 aliphatic carbocycles. The molecule has 0 aliphatic heterocycles. The fourth-order valence-electron chi connectivity index (χ4n) is 2.71. The fraction of sp³-hybridized carbons (Fsp3) is 0.0476. The highest BCUT2D eigenvalue weighted by atomic mass is 16.1. The summed E-state index contributed by atoms with van der Waals surface area (Å²) in [6.07, 6.45) is 5.19. The highest BCUT2D eigenvalue weighted by Crippen LogP contribution is 2.20. The van der Waals surface area contributed by atoms with Crippen molar-refractivity contribution in [3.8, 4) is 0 Å². The van der Waals surface area contributed by atoms with Gasteiger partial charge in [-0.05, 0) is 48.0 Å². The SMILES string of the molecule is O=C(NCc1cccnc1)c1cccc(Nc2ccc3ncccc3c2)n1. The fourth-order valence-corrected chi connectivity index (χ4v) is 2.71. The zero-order valence-corrected chi connectivity index (χ0v) is 14.5. The Morgan fingerprint density at radius 3 is 2.78 bits per heavy atom. The van der Waals surface area contributed by atoms with Crippen molar-refractivity contribution in [2.45, 2.75) is 6.54 Å². The van der Waals surface area contributed by atoms with E-state index in [-0.39, 0.29) is 5.91 Å². The average Bonchev–Trinajstić information content (AvgIpc) is 2.73. The highest BCUT2D eigenvalue weighted by molar-refractivity contribution is 5.92. The van der Waals surface area contributed by atoms with Gasteiger partial charge in [0.15, 0.2) is 0 Å².